The zero-order valence-corrected chi connectivity index (χ0v) is 11.1. The molecule has 2 fully saturated rings. The van der Waals surface area contributed by atoms with Crippen molar-refractivity contribution in [3.8, 4) is 0 Å². The van der Waals surface area contributed by atoms with Gasteiger partial charge in [0.1, 0.15) is 6.04 Å². The third-order valence-corrected chi connectivity index (χ3v) is 4.47. The minimum absolute atomic E-state index is 0.0467. The smallest absolute Gasteiger partial charge is 0.242 e. The summed E-state index contributed by atoms with van der Waals surface area (Å²) in [7, 11) is 1.63. The van der Waals surface area contributed by atoms with Crippen LogP contribution in [-0.2, 0) is 9.59 Å². The van der Waals surface area contributed by atoms with Crippen LogP contribution in [0, 0.1) is 5.41 Å². The number of likely N-dealkylation sites (N-methyl/N-ethyl adjacent to an activating group) is 1. The van der Waals surface area contributed by atoms with Crippen LogP contribution in [0.25, 0.3) is 0 Å². The maximum atomic E-state index is 12.6. The molecule has 1 unspecified atom stereocenters. The predicted octanol–water partition coefficient (Wildman–Crippen LogP) is 0.242. The van der Waals surface area contributed by atoms with Gasteiger partial charge in [-0.3, -0.25) is 9.59 Å². The van der Waals surface area contributed by atoms with Crippen molar-refractivity contribution in [2.24, 2.45) is 11.1 Å². The number of carbonyl (C=O) groups is 2. The third-order valence-electron chi connectivity index (χ3n) is 4.47. The molecular formula is C13H23N3O2. The Morgan fingerprint density at radius 2 is 2.06 bits per heavy atom. The highest BCUT2D eigenvalue weighted by molar-refractivity contribution is 5.90. The van der Waals surface area contributed by atoms with Crippen molar-refractivity contribution >= 4 is 11.8 Å². The van der Waals surface area contributed by atoms with Gasteiger partial charge in [0.25, 0.3) is 0 Å². The van der Waals surface area contributed by atoms with Crippen molar-refractivity contribution in [2.45, 2.75) is 44.6 Å². The number of amides is 2. The van der Waals surface area contributed by atoms with Crippen LogP contribution < -0.4 is 11.1 Å². The second kappa shape index (κ2) is 5.26. The number of rotatable bonds is 3. The van der Waals surface area contributed by atoms with Crippen LogP contribution in [0.3, 0.4) is 0 Å². The fourth-order valence-electron chi connectivity index (χ4n) is 3.03. The molecule has 3 N–H and O–H groups in total. The van der Waals surface area contributed by atoms with Crippen molar-refractivity contribution in [3.63, 3.8) is 0 Å². The molecule has 1 aliphatic heterocycles. The summed E-state index contributed by atoms with van der Waals surface area (Å²) in [6.45, 7) is 1.10. The lowest BCUT2D eigenvalue weighted by molar-refractivity contribution is -0.154. The van der Waals surface area contributed by atoms with Crippen LogP contribution in [0.1, 0.15) is 38.5 Å². The Labute approximate surface area is 108 Å². The molecule has 0 aromatic carbocycles. The van der Waals surface area contributed by atoms with Crippen LogP contribution in [0.5, 0.6) is 0 Å². The summed E-state index contributed by atoms with van der Waals surface area (Å²) in [6.07, 6.45) is 5.59. The maximum absolute atomic E-state index is 12.6. The molecule has 2 aliphatic rings. The zero-order valence-electron chi connectivity index (χ0n) is 11.1. The molecule has 1 saturated heterocycles. The summed E-state index contributed by atoms with van der Waals surface area (Å²) in [4.78, 5) is 26.3. The number of likely N-dealkylation sites (tertiary alicyclic amines) is 1. The van der Waals surface area contributed by atoms with E-state index in [1.165, 1.54) is 0 Å². The van der Waals surface area contributed by atoms with Crippen molar-refractivity contribution in [3.05, 3.63) is 0 Å². The number of nitrogens with two attached hydrogens (primary N) is 1. The summed E-state index contributed by atoms with van der Waals surface area (Å²) < 4.78 is 0. The monoisotopic (exact) mass is 253 g/mol. The fraction of sp³-hybridized carbons (Fsp3) is 0.846. The van der Waals surface area contributed by atoms with Crippen molar-refractivity contribution < 1.29 is 9.59 Å². The highest BCUT2D eigenvalue weighted by Crippen LogP contribution is 2.42. The molecule has 0 aromatic heterocycles. The van der Waals surface area contributed by atoms with Crippen LogP contribution >= 0.6 is 0 Å². The molecule has 0 bridgehead atoms. The molecule has 1 atom stereocenters. The van der Waals surface area contributed by atoms with E-state index in [2.05, 4.69) is 5.32 Å². The number of hydrogen-bond donors (Lipinski definition) is 2. The zero-order chi connectivity index (χ0) is 13.2. The van der Waals surface area contributed by atoms with E-state index in [1.54, 1.807) is 11.9 Å². The Kier molecular flexibility index (Phi) is 3.90. The van der Waals surface area contributed by atoms with Crippen molar-refractivity contribution in [2.75, 3.05) is 20.1 Å². The van der Waals surface area contributed by atoms with Gasteiger partial charge in [0.15, 0.2) is 0 Å². The molecule has 0 spiro atoms. The molecule has 102 valence electrons. The Balaban J connectivity index is 2.13. The molecule has 18 heavy (non-hydrogen) atoms. The summed E-state index contributed by atoms with van der Waals surface area (Å²) in [5.41, 5.74) is 5.41. The number of piperidine rings is 1. The molecule has 1 saturated carbocycles. The second-order valence-corrected chi connectivity index (χ2v) is 5.46. The lowest BCUT2D eigenvalue weighted by atomic mass is 9.67. The van der Waals surface area contributed by atoms with Crippen LogP contribution in [-0.4, -0.2) is 42.9 Å². The minimum Gasteiger partial charge on any atom is -0.357 e. The van der Waals surface area contributed by atoms with Crippen LogP contribution in [0.4, 0.5) is 0 Å². The molecule has 0 radical (unpaired) electrons. The highest BCUT2D eigenvalue weighted by Gasteiger charge is 2.47. The Morgan fingerprint density at radius 1 is 1.33 bits per heavy atom. The van der Waals surface area contributed by atoms with E-state index < -0.39 is 0 Å². The van der Waals surface area contributed by atoms with Crippen LogP contribution in [0.2, 0.25) is 0 Å². The van der Waals surface area contributed by atoms with Gasteiger partial charge < -0.3 is 16.0 Å². The normalized spacial score (nSPS) is 26.3. The van der Waals surface area contributed by atoms with Gasteiger partial charge in [-0.25, -0.2) is 0 Å². The van der Waals surface area contributed by atoms with Gasteiger partial charge in [0.2, 0.25) is 11.8 Å². The molecule has 2 amide bonds. The Hall–Kier alpha value is -1.10. The molecule has 1 aliphatic carbocycles. The van der Waals surface area contributed by atoms with E-state index in [4.69, 9.17) is 5.73 Å². The number of carbonyl (C=O) groups excluding carboxylic acids is 2. The van der Waals surface area contributed by atoms with E-state index in [1.807, 2.05) is 0 Å². The Bertz CT molecular complexity index is 334. The van der Waals surface area contributed by atoms with Gasteiger partial charge in [-0.1, -0.05) is 6.42 Å². The lowest BCUT2D eigenvalue weighted by Crippen LogP contribution is -2.59. The first-order valence-electron chi connectivity index (χ1n) is 6.87. The van der Waals surface area contributed by atoms with Gasteiger partial charge in [0, 0.05) is 20.1 Å². The quantitative estimate of drug-likeness (QED) is 0.756. The van der Waals surface area contributed by atoms with Gasteiger partial charge in [-0.05, 0) is 32.1 Å². The van der Waals surface area contributed by atoms with E-state index in [-0.39, 0.29) is 23.3 Å². The standard InChI is InChI=1S/C13H23N3O2/c1-15-11(17)10-5-2-3-8-16(10)12(18)13(9-14)6-4-7-13/h10H,2-9,14H2,1H3,(H,15,17). The average molecular weight is 253 g/mol. The second-order valence-electron chi connectivity index (χ2n) is 5.46. The molecule has 2 rings (SSSR count). The lowest BCUT2D eigenvalue weighted by Gasteiger charge is -2.46. The number of nitrogens with one attached hydrogen (secondary N) is 1. The van der Waals surface area contributed by atoms with Gasteiger partial charge >= 0.3 is 0 Å². The Morgan fingerprint density at radius 3 is 2.56 bits per heavy atom. The molecule has 0 aromatic rings. The summed E-state index contributed by atoms with van der Waals surface area (Å²) >= 11 is 0. The third kappa shape index (κ3) is 2.11. The van der Waals surface area contributed by atoms with E-state index >= 15 is 0 Å². The van der Waals surface area contributed by atoms with Gasteiger partial charge in [-0.15, -0.1) is 0 Å². The summed E-state index contributed by atoms with van der Waals surface area (Å²) in [5.74, 6) is 0.0547. The SMILES string of the molecule is CNC(=O)C1CCCCN1C(=O)C1(CN)CCC1. The number of nitrogens with zero attached hydrogens (tertiary/aromatic N) is 1. The average Bonchev–Trinajstić information content (AvgIpc) is 2.37. The maximum Gasteiger partial charge on any atom is 0.242 e. The highest BCUT2D eigenvalue weighted by atomic mass is 16.2. The summed E-state index contributed by atoms with van der Waals surface area (Å²) in [6, 6.07) is -0.291. The predicted molar refractivity (Wildman–Crippen MR) is 68.8 cm³/mol. The minimum atomic E-state index is -0.371. The van der Waals surface area contributed by atoms with E-state index in [0.29, 0.717) is 13.1 Å². The first-order chi connectivity index (χ1) is 8.64. The molecular weight excluding hydrogens is 230 g/mol. The van der Waals surface area contributed by atoms with Crippen molar-refractivity contribution in [1.82, 2.24) is 10.2 Å². The van der Waals surface area contributed by atoms with E-state index in [9.17, 15) is 9.59 Å². The van der Waals surface area contributed by atoms with E-state index in [0.717, 1.165) is 38.5 Å². The first kappa shape index (κ1) is 13.3. The largest absolute Gasteiger partial charge is 0.357 e. The van der Waals surface area contributed by atoms with Crippen molar-refractivity contribution in [1.29, 1.82) is 0 Å². The molecule has 5 nitrogen and oxygen atoms in total. The van der Waals surface area contributed by atoms with Crippen LogP contribution in [0.15, 0.2) is 0 Å². The van der Waals surface area contributed by atoms with Gasteiger partial charge in [0.05, 0.1) is 5.41 Å². The van der Waals surface area contributed by atoms with Gasteiger partial charge in [-0.2, -0.15) is 0 Å². The summed E-state index contributed by atoms with van der Waals surface area (Å²) in [5, 5.41) is 2.66. The molecule has 5 heteroatoms. The number of hydrogen-bond acceptors (Lipinski definition) is 3. The molecule has 1 heterocycles. The fourth-order valence-corrected chi connectivity index (χ4v) is 3.03. The topological polar surface area (TPSA) is 75.4 Å². The first-order valence-corrected chi connectivity index (χ1v) is 6.87.